The van der Waals surface area contributed by atoms with E-state index in [1.165, 1.54) is 10.7 Å². The van der Waals surface area contributed by atoms with Crippen LogP contribution in [0, 0.1) is 5.41 Å². The molecule has 3 heteroatoms. The molecule has 1 aromatic heterocycles. The smallest absolute Gasteiger partial charge is 0.107 e. The fourth-order valence-corrected chi connectivity index (χ4v) is 2.27. The third-order valence-corrected chi connectivity index (χ3v) is 3.10. The van der Waals surface area contributed by atoms with Crippen molar-refractivity contribution in [2.45, 2.75) is 53.5 Å². The van der Waals surface area contributed by atoms with Crippen molar-refractivity contribution in [2.75, 3.05) is 6.54 Å². The van der Waals surface area contributed by atoms with Crippen molar-refractivity contribution in [2.24, 2.45) is 5.41 Å². The Kier molecular flexibility index (Phi) is 4.13. The maximum absolute atomic E-state index is 4.66. The second kappa shape index (κ2) is 4.84. The molecule has 0 atom stereocenters. The average molecular weight is 240 g/mol. The van der Waals surface area contributed by atoms with Crippen LogP contribution < -0.4 is 5.32 Å². The fraction of sp³-hybridized carbons (Fsp3) is 0.769. The second-order valence-corrected chi connectivity index (χ2v) is 7.48. The zero-order valence-corrected chi connectivity index (χ0v) is 12.2. The number of nitrogens with one attached hydrogen (secondary N) is 1. The van der Waals surface area contributed by atoms with Gasteiger partial charge in [0.15, 0.2) is 0 Å². The van der Waals surface area contributed by atoms with Gasteiger partial charge in [-0.3, -0.25) is 0 Å². The van der Waals surface area contributed by atoms with Gasteiger partial charge in [-0.2, -0.15) is 0 Å². The highest BCUT2D eigenvalue weighted by Crippen LogP contribution is 2.23. The lowest BCUT2D eigenvalue weighted by molar-refractivity contribution is 0.379. The van der Waals surface area contributed by atoms with Crippen molar-refractivity contribution in [3.8, 4) is 0 Å². The molecule has 16 heavy (non-hydrogen) atoms. The van der Waals surface area contributed by atoms with Gasteiger partial charge in [0.25, 0.3) is 0 Å². The zero-order chi connectivity index (χ0) is 12.4. The largest absolute Gasteiger partial charge is 0.310 e. The van der Waals surface area contributed by atoms with E-state index in [4.69, 9.17) is 0 Å². The first-order valence-corrected chi connectivity index (χ1v) is 6.72. The van der Waals surface area contributed by atoms with Crippen molar-refractivity contribution < 1.29 is 0 Å². The number of nitrogens with zero attached hydrogens (tertiary/aromatic N) is 1. The molecule has 0 saturated heterocycles. The van der Waals surface area contributed by atoms with E-state index in [-0.39, 0.29) is 5.41 Å². The molecule has 1 N–H and O–H groups in total. The summed E-state index contributed by atoms with van der Waals surface area (Å²) in [5, 5.41) is 6.82. The first kappa shape index (κ1) is 13.7. The molecule has 0 spiro atoms. The summed E-state index contributed by atoms with van der Waals surface area (Å²) in [5.41, 5.74) is 1.70. The lowest BCUT2D eigenvalue weighted by atomic mass is 9.93. The highest BCUT2D eigenvalue weighted by Gasteiger charge is 2.17. The van der Waals surface area contributed by atoms with Crippen molar-refractivity contribution in [1.82, 2.24) is 10.3 Å². The van der Waals surface area contributed by atoms with E-state index in [1.807, 2.05) is 0 Å². The van der Waals surface area contributed by atoms with Gasteiger partial charge < -0.3 is 5.32 Å². The Morgan fingerprint density at radius 2 is 1.81 bits per heavy atom. The quantitative estimate of drug-likeness (QED) is 0.873. The predicted molar refractivity (Wildman–Crippen MR) is 72.0 cm³/mol. The lowest BCUT2D eigenvalue weighted by Gasteiger charge is -2.18. The topological polar surface area (TPSA) is 24.9 Å². The van der Waals surface area contributed by atoms with Gasteiger partial charge >= 0.3 is 0 Å². The lowest BCUT2D eigenvalue weighted by Crippen LogP contribution is -2.26. The van der Waals surface area contributed by atoms with E-state index in [9.17, 15) is 0 Å². The van der Waals surface area contributed by atoms with E-state index in [0.717, 1.165) is 13.1 Å². The number of rotatable bonds is 3. The SMILES string of the molecule is CC(C)(C)CNCc1nc(C(C)(C)C)cs1. The summed E-state index contributed by atoms with van der Waals surface area (Å²) < 4.78 is 0. The number of aromatic nitrogens is 1. The number of hydrogen-bond acceptors (Lipinski definition) is 3. The van der Waals surface area contributed by atoms with Crippen LogP contribution in [0.3, 0.4) is 0 Å². The van der Waals surface area contributed by atoms with Crippen LogP contribution in [-0.2, 0) is 12.0 Å². The molecule has 0 amide bonds. The van der Waals surface area contributed by atoms with Crippen LogP contribution in [0.25, 0.3) is 0 Å². The van der Waals surface area contributed by atoms with Gasteiger partial charge in [-0.05, 0) is 5.41 Å². The van der Waals surface area contributed by atoms with Gasteiger partial charge in [0.05, 0.1) is 5.69 Å². The van der Waals surface area contributed by atoms with Crippen LogP contribution >= 0.6 is 11.3 Å². The third-order valence-electron chi connectivity index (χ3n) is 2.25. The zero-order valence-electron chi connectivity index (χ0n) is 11.3. The summed E-state index contributed by atoms with van der Waals surface area (Å²) >= 11 is 1.75. The molecule has 0 saturated carbocycles. The van der Waals surface area contributed by atoms with E-state index in [2.05, 4.69) is 57.2 Å². The normalized spacial score (nSPS) is 13.1. The van der Waals surface area contributed by atoms with Crippen LogP contribution in [-0.4, -0.2) is 11.5 Å². The second-order valence-electron chi connectivity index (χ2n) is 6.54. The molecule has 0 aliphatic heterocycles. The van der Waals surface area contributed by atoms with Crippen molar-refractivity contribution in [1.29, 1.82) is 0 Å². The van der Waals surface area contributed by atoms with Gasteiger partial charge in [-0.15, -0.1) is 11.3 Å². The van der Waals surface area contributed by atoms with Gasteiger partial charge in [-0.25, -0.2) is 4.98 Å². The van der Waals surface area contributed by atoms with Crippen LogP contribution in [0.2, 0.25) is 0 Å². The van der Waals surface area contributed by atoms with Gasteiger partial charge in [0.1, 0.15) is 5.01 Å². The van der Waals surface area contributed by atoms with Crippen molar-refractivity contribution >= 4 is 11.3 Å². The highest BCUT2D eigenvalue weighted by molar-refractivity contribution is 7.09. The molecule has 0 aliphatic rings. The minimum atomic E-state index is 0.165. The molecular weight excluding hydrogens is 216 g/mol. The summed E-state index contributed by atoms with van der Waals surface area (Å²) in [6.07, 6.45) is 0. The van der Waals surface area contributed by atoms with Crippen LogP contribution in [0.5, 0.6) is 0 Å². The fourth-order valence-electron chi connectivity index (χ4n) is 1.28. The molecule has 1 rings (SSSR count). The Morgan fingerprint density at radius 3 is 2.25 bits per heavy atom. The molecule has 1 heterocycles. The Hall–Kier alpha value is -0.410. The van der Waals surface area contributed by atoms with E-state index >= 15 is 0 Å². The molecule has 0 bridgehead atoms. The van der Waals surface area contributed by atoms with Crippen molar-refractivity contribution in [3.05, 3.63) is 16.1 Å². The maximum atomic E-state index is 4.66. The number of hydrogen-bond donors (Lipinski definition) is 1. The minimum Gasteiger partial charge on any atom is -0.310 e. The summed E-state index contributed by atoms with van der Waals surface area (Å²) in [5.74, 6) is 0. The molecule has 0 fully saturated rings. The Labute approximate surface area is 103 Å². The Bertz CT molecular complexity index is 328. The molecule has 2 nitrogen and oxygen atoms in total. The van der Waals surface area contributed by atoms with Crippen LogP contribution in [0.15, 0.2) is 5.38 Å². The van der Waals surface area contributed by atoms with Gasteiger partial charge in [0.2, 0.25) is 0 Å². The summed E-state index contributed by atoms with van der Waals surface area (Å²) in [6.45, 7) is 15.2. The molecular formula is C13H24N2S. The van der Waals surface area contributed by atoms with Crippen LogP contribution in [0.1, 0.15) is 52.2 Å². The third kappa shape index (κ3) is 4.62. The summed E-state index contributed by atoms with van der Waals surface area (Å²) in [4.78, 5) is 4.66. The number of thiazole rings is 1. The summed E-state index contributed by atoms with van der Waals surface area (Å²) in [7, 11) is 0. The monoisotopic (exact) mass is 240 g/mol. The maximum Gasteiger partial charge on any atom is 0.107 e. The average Bonchev–Trinajstić information content (AvgIpc) is 2.49. The predicted octanol–water partition coefficient (Wildman–Crippen LogP) is 3.58. The summed E-state index contributed by atoms with van der Waals surface area (Å²) in [6, 6.07) is 0. The Morgan fingerprint density at radius 1 is 1.19 bits per heavy atom. The van der Waals surface area contributed by atoms with E-state index in [1.54, 1.807) is 11.3 Å². The minimum absolute atomic E-state index is 0.165. The van der Waals surface area contributed by atoms with Crippen molar-refractivity contribution in [3.63, 3.8) is 0 Å². The first-order chi connectivity index (χ1) is 7.18. The van der Waals surface area contributed by atoms with E-state index in [0.29, 0.717) is 5.41 Å². The van der Waals surface area contributed by atoms with Crippen LogP contribution in [0.4, 0.5) is 0 Å². The molecule has 92 valence electrons. The standard InChI is InChI=1S/C13H24N2S/c1-12(2,3)9-14-7-11-15-10(8-16-11)13(4,5)6/h8,14H,7,9H2,1-6H3. The molecule has 0 unspecified atom stereocenters. The van der Waals surface area contributed by atoms with Gasteiger partial charge in [-0.1, -0.05) is 41.5 Å². The molecule has 0 aliphatic carbocycles. The van der Waals surface area contributed by atoms with E-state index < -0.39 is 0 Å². The van der Waals surface area contributed by atoms with Gasteiger partial charge in [0, 0.05) is 23.9 Å². The molecule has 0 aromatic carbocycles. The Balaban J connectivity index is 2.48. The highest BCUT2D eigenvalue weighted by atomic mass is 32.1. The first-order valence-electron chi connectivity index (χ1n) is 5.84. The molecule has 0 radical (unpaired) electrons. The molecule has 1 aromatic rings.